The van der Waals surface area contributed by atoms with E-state index in [1.54, 1.807) is 0 Å². The van der Waals surface area contributed by atoms with Crippen molar-refractivity contribution in [3.8, 4) is 5.88 Å². The van der Waals surface area contributed by atoms with E-state index < -0.39 is 17.2 Å². The van der Waals surface area contributed by atoms with Gasteiger partial charge < -0.3 is 15.2 Å². The summed E-state index contributed by atoms with van der Waals surface area (Å²) in [5.41, 5.74) is 4.68. The third-order valence-electron chi connectivity index (χ3n) is 2.58. The Labute approximate surface area is 109 Å². The number of nitrogens with two attached hydrogens (primary N) is 1. The average Bonchev–Trinajstić information content (AvgIpc) is 2.28. The van der Waals surface area contributed by atoms with Crippen LogP contribution in [0.2, 0.25) is 0 Å². The highest BCUT2D eigenvalue weighted by Gasteiger charge is 2.39. The smallest absolute Gasteiger partial charge is 0.255 e. The van der Waals surface area contributed by atoms with Crippen LogP contribution in [0.5, 0.6) is 5.88 Å². The van der Waals surface area contributed by atoms with E-state index in [1.807, 2.05) is 0 Å². The molecule has 1 aromatic heterocycles. The number of carbonyl (C=O) groups is 1. The van der Waals surface area contributed by atoms with Gasteiger partial charge >= 0.3 is 0 Å². The molecule has 5 nitrogen and oxygen atoms in total. The fraction of sp³-hybridized carbons (Fsp3) is 0.455. The molecule has 2 heterocycles. The maximum absolute atomic E-state index is 14.4. The van der Waals surface area contributed by atoms with Crippen molar-refractivity contribution >= 4 is 18.5 Å². The lowest BCUT2D eigenvalue weighted by Crippen LogP contribution is -2.40. The van der Waals surface area contributed by atoms with Crippen LogP contribution in [-0.4, -0.2) is 28.8 Å². The van der Waals surface area contributed by atoms with Crippen molar-refractivity contribution < 1.29 is 18.7 Å². The van der Waals surface area contributed by atoms with Gasteiger partial charge in [-0.25, -0.2) is 4.98 Å². The van der Waals surface area contributed by atoms with E-state index in [2.05, 4.69) is 17.6 Å². The van der Waals surface area contributed by atoms with E-state index in [0.29, 0.717) is 0 Å². The lowest BCUT2D eigenvalue weighted by Gasteiger charge is -2.32. The summed E-state index contributed by atoms with van der Waals surface area (Å²) in [6.45, 7) is 0.198. The maximum Gasteiger partial charge on any atom is 0.255 e. The van der Waals surface area contributed by atoms with Crippen LogP contribution in [-0.2, 0) is 4.74 Å². The molecule has 0 aliphatic carbocycles. The number of amides is 1. The molecule has 2 N–H and O–H groups in total. The van der Waals surface area contributed by atoms with Crippen molar-refractivity contribution in [1.82, 2.24) is 4.98 Å². The van der Waals surface area contributed by atoms with Crippen LogP contribution < -0.4 is 10.5 Å². The average molecular weight is 272 g/mol. The van der Waals surface area contributed by atoms with Gasteiger partial charge in [0, 0.05) is 12.6 Å². The summed E-state index contributed by atoms with van der Waals surface area (Å²) >= 11 is 4.05. The summed E-state index contributed by atoms with van der Waals surface area (Å²) in [4.78, 5) is 15.0. The second-order valence-electron chi connectivity index (χ2n) is 3.99. The highest BCUT2D eigenvalue weighted by atomic mass is 32.1. The van der Waals surface area contributed by atoms with E-state index in [9.17, 15) is 9.18 Å². The molecule has 1 amide bonds. The number of ether oxygens (including phenoxy) is 2. The van der Waals surface area contributed by atoms with Crippen LogP contribution in [0.1, 0.15) is 23.2 Å². The lowest BCUT2D eigenvalue weighted by atomic mass is 10.1. The van der Waals surface area contributed by atoms with Crippen molar-refractivity contribution in [3.05, 3.63) is 23.9 Å². The fourth-order valence-corrected chi connectivity index (χ4v) is 2.07. The first kappa shape index (κ1) is 13.1. The van der Waals surface area contributed by atoms with E-state index in [0.717, 1.165) is 0 Å². The molecule has 18 heavy (non-hydrogen) atoms. The predicted molar refractivity (Wildman–Crippen MR) is 65.2 cm³/mol. The largest absolute Gasteiger partial charge is 0.440 e. The summed E-state index contributed by atoms with van der Waals surface area (Å²) < 4.78 is 24.7. The highest BCUT2D eigenvalue weighted by Crippen LogP contribution is 2.33. The van der Waals surface area contributed by atoms with Gasteiger partial charge in [0.15, 0.2) is 0 Å². The number of carbonyl (C=O) groups excluding carboxylic acids is 1. The number of aromatic nitrogens is 1. The molecular weight excluding hydrogens is 259 g/mol. The Hall–Kier alpha value is -1.34. The molecule has 1 aliphatic rings. The first-order chi connectivity index (χ1) is 8.50. The molecule has 1 aromatic rings. The Balaban J connectivity index is 2.20. The zero-order chi connectivity index (χ0) is 13.2. The number of hydrogen-bond donors (Lipinski definition) is 2. The molecule has 0 aromatic carbocycles. The molecule has 2 atom stereocenters. The van der Waals surface area contributed by atoms with E-state index in [-0.39, 0.29) is 30.9 Å². The lowest BCUT2D eigenvalue weighted by molar-refractivity contribution is -0.141. The monoisotopic (exact) mass is 272 g/mol. The van der Waals surface area contributed by atoms with Gasteiger partial charge in [-0.1, -0.05) is 0 Å². The Kier molecular flexibility index (Phi) is 3.72. The van der Waals surface area contributed by atoms with E-state index in [4.69, 9.17) is 15.2 Å². The third kappa shape index (κ3) is 2.91. The van der Waals surface area contributed by atoms with Crippen molar-refractivity contribution in [2.45, 2.75) is 24.1 Å². The Morgan fingerprint density at radius 2 is 2.50 bits per heavy atom. The van der Waals surface area contributed by atoms with Crippen LogP contribution in [0.3, 0.4) is 0 Å². The van der Waals surface area contributed by atoms with Crippen LogP contribution in [0, 0.1) is 0 Å². The quantitative estimate of drug-likeness (QED) is 0.813. The molecule has 7 heteroatoms. The predicted octanol–water partition coefficient (Wildman–Crippen LogP) is 1.29. The van der Waals surface area contributed by atoms with E-state index in [1.165, 1.54) is 18.3 Å². The number of thiol groups is 1. The highest BCUT2D eigenvalue weighted by molar-refractivity contribution is 7.80. The molecule has 1 saturated heterocycles. The molecule has 98 valence electrons. The van der Waals surface area contributed by atoms with Gasteiger partial charge in [-0.2, -0.15) is 4.39 Å². The minimum absolute atomic E-state index is 0.0368. The molecule has 1 aliphatic heterocycles. The van der Waals surface area contributed by atoms with Gasteiger partial charge in [0.2, 0.25) is 5.88 Å². The summed E-state index contributed by atoms with van der Waals surface area (Å²) in [5.74, 6) is -2.76. The van der Waals surface area contributed by atoms with Crippen molar-refractivity contribution in [2.24, 2.45) is 5.73 Å². The second-order valence-corrected chi connectivity index (χ2v) is 4.56. The number of rotatable bonds is 3. The van der Waals surface area contributed by atoms with Crippen molar-refractivity contribution in [3.63, 3.8) is 0 Å². The Morgan fingerprint density at radius 1 is 1.72 bits per heavy atom. The second kappa shape index (κ2) is 5.11. The molecule has 1 fully saturated rings. The van der Waals surface area contributed by atoms with Crippen LogP contribution in [0.4, 0.5) is 4.39 Å². The minimum Gasteiger partial charge on any atom is -0.440 e. The maximum atomic E-state index is 14.4. The summed E-state index contributed by atoms with van der Waals surface area (Å²) in [7, 11) is 0. The number of nitrogens with zero attached hydrogens (tertiary/aromatic N) is 1. The van der Waals surface area contributed by atoms with Crippen LogP contribution in [0.25, 0.3) is 0 Å². The normalized spacial score (nSPS) is 27.8. The molecule has 0 radical (unpaired) electrons. The van der Waals surface area contributed by atoms with Gasteiger partial charge in [-0.05, 0) is 12.1 Å². The zero-order valence-electron chi connectivity index (χ0n) is 9.51. The van der Waals surface area contributed by atoms with E-state index >= 15 is 0 Å². The number of primary amides is 1. The topological polar surface area (TPSA) is 74.4 Å². The molecular formula is C11H13FN2O3S. The zero-order valence-corrected chi connectivity index (χ0v) is 10.4. The molecule has 2 rings (SSSR count). The summed E-state index contributed by atoms with van der Waals surface area (Å²) in [6.07, 6.45) is 1.42. The number of alkyl halides is 1. The van der Waals surface area contributed by atoms with Crippen molar-refractivity contribution in [2.75, 3.05) is 6.61 Å². The van der Waals surface area contributed by atoms with Gasteiger partial charge in [0.1, 0.15) is 11.0 Å². The fourth-order valence-electron chi connectivity index (χ4n) is 1.69. The molecule has 0 saturated carbocycles. The minimum atomic E-state index is -1.94. The van der Waals surface area contributed by atoms with Crippen LogP contribution >= 0.6 is 12.6 Å². The third-order valence-corrected chi connectivity index (χ3v) is 2.91. The summed E-state index contributed by atoms with van der Waals surface area (Å²) in [6, 6.07) is 2.97. The molecule has 0 bridgehead atoms. The van der Waals surface area contributed by atoms with Gasteiger partial charge in [-0.3, -0.25) is 4.79 Å². The van der Waals surface area contributed by atoms with Crippen molar-refractivity contribution in [1.29, 1.82) is 0 Å². The summed E-state index contributed by atoms with van der Waals surface area (Å²) in [5, 5.41) is 0. The Bertz CT molecular complexity index is 460. The first-order valence-electron chi connectivity index (χ1n) is 5.43. The standard InChI is InChI=1S/C11H13FN2O3S/c12-11(3-5-16-8(18)6-11)17-10-7(9(13)15)2-1-4-14-10/h1-2,4,8,18H,3,5-6H2,(H2,13,15). The first-order valence-corrected chi connectivity index (χ1v) is 5.94. The van der Waals surface area contributed by atoms with Gasteiger partial charge in [-0.15, -0.1) is 12.6 Å². The number of pyridine rings is 1. The van der Waals surface area contributed by atoms with Gasteiger partial charge in [0.25, 0.3) is 11.8 Å². The molecule has 2 unspecified atom stereocenters. The Morgan fingerprint density at radius 3 is 3.17 bits per heavy atom. The molecule has 0 spiro atoms. The van der Waals surface area contributed by atoms with Gasteiger partial charge in [0.05, 0.1) is 13.0 Å². The number of hydrogen-bond acceptors (Lipinski definition) is 5. The number of halogens is 1. The van der Waals surface area contributed by atoms with Crippen LogP contribution in [0.15, 0.2) is 18.3 Å². The SMILES string of the molecule is NC(=O)c1cccnc1OC1(F)CCOC(S)C1.